The highest BCUT2D eigenvalue weighted by Gasteiger charge is 2.14. The highest BCUT2D eigenvalue weighted by molar-refractivity contribution is 9.10. The molecule has 0 radical (unpaired) electrons. The first-order valence-corrected chi connectivity index (χ1v) is 5.40. The molecule has 84 valence electrons. The number of halogens is 1. The van der Waals surface area contributed by atoms with Crippen molar-refractivity contribution in [3.8, 4) is 6.07 Å². The quantitative estimate of drug-likeness (QED) is 0.853. The minimum Gasteiger partial charge on any atom is -0.469 e. The molecule has 0 saturated carbocycles. The van der Waals surface area contributed by atoms with Gasteiger partial charge in [0.05, 0.1) is 25.2 Å². The zero-order valence-corrected chi connectivity index (χ0v) is 10.4. The van der Waals surface area contributed by atoms with Gasteiger partial charge >= 0.3 is 5.97 Å². The maximum Gasteiger partial charge on any atom is 0.310 e. The number of methoxy groups -OCH3 is 1. The van der Waals surface area contributed by atoms with E-state index in [2.05, 4.69) is 26.7 Å². The van der Waals surface area contributed by atoms with Crippen molar-refractivity contribution < 1.29 is 9.53 Å². The second-order valence-corrected chi connectivity index (χ2v) is 3.98. The Bertz CT molecular complexity index is 452. The maximum atomic E-state index is 11.2. The monoisotopic (exact) mass is 282 g/mol. The molecule has 0 bridgehead atoms. The highest BCUT2D eigenvalue weighted by atomic mass is 79.9. The summed E-state index contributed by atoms with van der Waals surface area (Å²) in [6.45, 7) is 0.268. The Morgan fingerprint density at radius 1 is 1.62 bits per heavy atom. The van der Waals surface area contributed by atoms with Gasteiger partial charge in [0, 0.05) is 11.0 Å². The fourth-order valence-electron chi connectivity index (χ4n) is 1.37. The summed E-state index contributed by atoms with van der Waals surface area (Å²) in [4.78, 5) is 11.2. The zero-order chi connectivity index (χ0) is 12.1. The molecule has 0 atom stereocenters. The van der Waals surface area contributed by atoms with Crippen LogP contribution in [0.5, 0.6) is 0 Å². The molecule has 0 aliphatic heterocycles. The Hall–Kier alpha value is -1.38. The van der Waals surface area contributed by atoms with Crippen LogP contribution in [0.2, 0.25) is 0 Å². The zero-order valence-electron chi connectivity index (χ0n) is 8.79. The van der Waals surface area contributed by atoms with E-state index in [1.807, 2.05) is 0 Å². The number of carbonyl (C=O) groups excluding carboxylic acids is 1. The van der Waals surface area contributed by atoms with E-state index in [9.17, 15) is 4.79 Å². The summed E-state index contributed by atoms with van der Waals surface area (Å²) in [6.07, 6.45) is 0.0633. The van der Waals surface area contributed by atoms with E-state index in [1.54, 1.807) is 12.1 Å². The number of nitrogens with zero attached hydrogens (tertiary/aromatic N) is 1. The summed E-state index contributed by atoms with van der Waals surface area (Å²) in [6, 6.07) is 5.61. The first kappa shape index (κ1) is 12.7. The van der Waals surface area contributed by atoms with Crippen LogP contribution in [0, 0.1) is 11.3 Å². The van der Waals surface area contributed by atoms with Crippen molar-refractivity contribution in [2.24, 2.45) is 5.73 Å². The van der Waals surface area contributed by atoms with Crippen molar-refractivity contribution in [3.63, 3.8) is 0 Å². The molecule has 5 heteroatoms. The molecule has 1 aromatic carbocycles. The van der Waals surface area contributed by atoms with Gasteiger partial charge in [-0.3, -0.25) is 4.79 Å². The summed E-state index contributed by atoms with van der Waals surface area (Å²) in [5.41, 5.74) is 7.32. The molecule has 0 unspecified atom stereocenters. The maximum absolute atomic E-state index is 11.2. The number of carbonyl (C=O) groups is 1. The lowest BCUT2D eigenvalue weighted by Gasteiger charge is -2.09. The van der Waals surface area contributed by atoms with Crippen LogP contribution < -0.4 is 5.73 Å². The van der Waals surface area contributed by atoms with Gasteiger partial charge in [-0.05, 0) is 17.2 Å². The largest absolute Gasteiger partial charge is 0.469 e. The van der Waals surface area contributed by atoms with Gasteiger partial charge in [-0.25, -0.2) is 0 Å². The van der Waals surface area contributed by atoms with Gasteiger partial charge < -0.3 is 10.5 Å². The van der Waals surface area contributed by atoms with E-state index in [-0.39, 0.29) is 18.9 Å². The average Bonchev–Trinajstić information content (AvgIpc) is 2.31. The Morgan fingerprint density at radius 2 is 2.31 bits per heavy atom. The molecule has 4 nitrogen and oxygen atoms in total. The molecule has 0 heterocycles. The third-order valence-electron chi connectivity index (χ3n) is 2.22. The van der Waals surface area contributed by atoms with Crippen LogP contribution in [-0.4, -0.2) is 13.1 Å². The standard InChI is InChI=1S/C11H11BrN2O2/c1-16-11(15)4-8-9(6-14)7(5-13)2-3-10(8)12/h2-3H,4-5,13H2,1H3. The molecular weight excluding hydrogens is 272 g/mol. The second kappa shape index (κ2) is 5.64. The minimum atomic E-state index is -0.383. The Kier molecular flexibility index (Phi) is 4.47. The molecule has 0 aliphatic rings. The number of nitrogens with two attached hydrogens (primary N) is 1. The molecule has 0 fully saturated rings. The fraction of sp³-hybridized carbons (Fsp3) is 0.273. The molecule has 16 heavy (non-hydrogen) atoms. The summed E-state index contributed by atoms with van der Waals surface area (Å²) >= 11 is 3.31. The predicted octanol–water partition coefficient (Wildman–Crippen LogP) is 1.49. The average molecular weight is 283 g/mol. The topological polar surface area (TPSA) is 76.1 Å². The van der Waals surface area contributed by atoms with E-state index in [0.29, 0.717) is 15.6 Å². The van der Waals surface area contributed by atoms with Gasteiger partial charge in [-0.1, -0.05) is 22.0 Å². The molecule has 0 aromatic heterocycles. The number of benzene rings is 1. The molecule has 0 spiro atoms. The third-order valence-corrected chi connectivity index (χ3v) is 2.97. The van der Waals surface area contributed by atoms with Crippen LogP contribution in [0.25, 0.3) is 0 Å². The van der Waals surface area contributed by atoms with Crippen LogP contribution >= 0.6 is 15.9 Å². The molecule has 1 rings (SSSR count). The van der Waals surface area contributed by atoms with Crippen molar-refractivity contribution in [2.75, 3.05) is 7.11 Å². The molecule has 0 amide bonds. The Morgan fingerprint density at radius 3 is 2.81 bits per heavy atom. The molecule has 2 N–H and O–H groups in total. The number of hydrogen-bond donors (Lipinski definition) is 1. The molecule has 0 saturated heterocycles. The lowest BCUT2D eigenvalue weighted by molar-refractivity contribution is -0.139. The second-order valence-electron chi connectivity index (χ2n) is 3.13. The van der Waals surface area contributed by atoms with E-state index in [1.165, 1.54) is 7.11 Å². The van der Waals surface area contributed by atoms with E-state index >= 15 is 0 Å². The summed E-state index contributed by atoms with van der Waals surface area (Å²) in [5, 5.41) is 9.06. The lowest BCUT2D eigenvalue weighted by Crippen LogP contribution is -2.09. The van der Waals surface area contributed by atoms with Crippen LogP contribution in [0.4, 0.5) is 0 Å². The molecule has 0 aliphatic carbocycles. The number of nitriles is 1. The van der Waals surface area contributed by atoms with E-state index < -0.39 is 0 Å². The van der Waals surface area contributed by atoms with Crippen LogP contribution in [0.3, 0.4) is 0 Å². The van der Waals surface area contributed by atoms with Gasteiger partial charge in [-0.15, -0.1) is 0 Å². The summed E-state index contributed by atoms with van der Waals surface area (Å²) in [7, 11) is 1.31. The first-order valence-electron chi connectivity index (χ1n) is 4.61. The van der Waals surface area contributed by atoms with Crippen molar-refractivity contribution in [3.05, 3.63) is 33.3 Å². The van der Waals surface area contributed by atoms with E-state index in [0.717, 1.165) is 5.56 Å². The number of esters is 1. The van der Waals surface area contributed by atoms with Gasteiger partial charge in [0.15, 0.2) is 0 Å². The minimum absolute atomic E-state index is 0.0633. The van der Waals surface area contributed by atoms with Crippen molar-refractivity contribution in [2.45, 2.75) is 13.0 Å². The fourth-order valence-corrected chi connectivity index (χ4v) is 1.84. The Labute approximate surface area is 102 Å². The van der Waals surface area contributed by atoms with Gasteiger partial charge in [0.25, 0.3) is 0 Å². The van der Waals surface area contributed by atoms with Gasteiger partial charge in [-0.2, -0.15) is 5.26 Å². The van der Waals surface area contributed by atoms with Crippen molar-refractivity contribution in [1.29, 1.82) is 5.26 Å². The number of rotatable bonds is 3. The Balaban J connectivity index is 3.25. The molecular formula is C11H11BrN2O2. The van der Waals surface area contributed by atoms with E-state index in [4.69, 9.17) is 11.0 Å². The third kappa shape index (κ3) is 2.60. The SMILES string of the molecule is COC(=O)Cc1c(Br)ccc(CN)c1C#N. The normalized spacial score (nSPS) is 9.62. The van der Waals surface area contributed by atoms with Crippen molar-refractivity contribution in [1.82, 2.24) is 0 Å². The summed E-state index contributed by atoms with van der Waals surface area (Å²) in [5.74, 6) is -0.383. The van der Waals surface area contributed by atoms with Gasteiger partial charge in [0.1, 0.15) is 0 Å². The number of ether oxygens (including phenoxy) is 1. The van der Waals surface area contributed by atoms with Crippen LogP contribution in [0.1, 0.15) is 16.7 Å². The number of hydrogen-bond acceptors (Lipinski definition) is 4. The summed E-state index contributed by atoms with van der Waals surface area (Å²) < 4.78 is 5.30. The van der Waals surface area contributed by atoms with Crippen LogP contribution in [0.15, 0.2) is 16.6 Å². The molecule has 1 aromatic rings. The van der Waals surface area contributed by atoms with Gasteiger partial charge in [0.2, 0.25) is 0 Å². The lowest BCUT2D eigenvalue weighted by atomic mass is 10.00. The highest BCUT2D eigenvalue weighted by Crippen LogP contribution is 2.24. The van der Waals surface area contributed by atoms with Crippen LogP contribution in [-0.2, 0) is 22.5 Å². The predicted molar refractivity (Wildman–Crippen MR) is 62.5 cm³/mol. The first-order chi connectivity index (χ1) is 7.63. The van der Waals surface area contributed by atoms with Crippen molar-refractivity contribution >= 4 is 21.9 Å². The smallest absolute Gasteiger partial charge is 0.310 e.